The first-order valence-corrected chi connectivity index (χ1v) is 8.11. The number of rotatable bonds is 2. The second-order valence-electron chi connectivity index (χ2n) is 5.70. The van der Waals surface area contributed by atoms with Crippen molar-refractivity contribution in [1.29, 1.82) is 0 Å². The Bertz CT molecular complexity index is 551. The molecule has 2 aliphatic heterocycles. The number of benzene rings is 1. The zero-order valence-electron chi connectivity index (χ0n) is 11.1. The lowest BCUT2D eigenvalue weighted by atomic mass is 9.75. The summed E-state index contributed by atoms with van der Waals surface area (Å²) >= 11 is 0. The summed E-state index contributed by atoms with van der Waals surface area (Å²) in [6.07, 6.45) is 1.96. The van der Waals surface area contributed by atoms with Crippen molar-refractivity contribution in [1.82, 2.24) is 4.31 Å². The van der Waals surface area contributed by atoms with Crippen molar-refractivity contribution in [3.05, 3.63) is 29.8 Å². The van der Waals surface area contributed by atoms with Crippen LogP contribution in [0.2, 0.25) is 0 Å². The molecule has 0 N–H and O–H groups in total. The van der Waals surface area contributed by atoms with Gasteiger partial charge in [-0.05, 0) is 31.9 Å². The lowest BCUT2D eigenvalue weighted by molar-refractivity contribution is -0.0476. The highest BCUT2D eigenvalue weighted by Gasteiger charge is 2.48. The fraction of sp³-hybridized carbons (Fsp3) is 0.571. The van der Waals surface area contributed by atoms with E-state index in [4.69, 9.17) is 4.74 Å². The van der Waals surface area contributed by atoms with E-state index in [9.17, 15) is 8.42 Å². The van der Waals surface area contributed by atoms with Gasteiger partial charge in [-0.1, -0.05) is 17.7 Å². The number of sulfonamides is 1. The van der Waals surface area contributed by atoms with Crippen molar-refractivity contribution in [3.8, 4) is 0 Å². The summed E-state index contributed by atoms with van der Waals surface area (Å²) in [4.78, 5) is 0.403. The molecule has 1 spiro atoms. The maximum Gasteiger partial charge on any atom is 0.243 e. The van der Waals surface area contributed by atoms with E-state index in [0.29, 0.717) is 18.0 Å². The van der Waals surface area contributed by atoms with Crippen LogP contribution in [0.25, 0.3) is 0 Å². The quantitative estimate of drug-likeness (QED) is 0.830. The third-order valence-electron chi connectivity index (χ3n) is 4.24. The topological polar surface area (TPSA) is 46.6 Å². The number of hydrogen-bond acceptors (Lipinski definition) is 3. The minimum absolute atomic E-state index is 0.177. The van der Waals surface area contributed by atoms with Crippen LogP contribution in [0.5, 0.6) is 0 Å². The normalized spacial score (nSPS) is 23.2. The van der Waals surface area contributed by atoms with Gasteiger partial charge in [0, 0.05) is 31.7 Å². The lowest BCUT2D eigenvalue weighted by Gasteiger charge is -2.51. The number of aryl methyl sites for hydroxylation is 1. The predicted octanol–water partition coefficient (Wildman–Crippen LogP) is 1.80. The Morgan fingerprint density at radius 1 is 1.11 bits per heavy atom. The van der Waals surface area contributed by atoms with Gasteiger partial charge in [0.25, 0.3) is 0 Å². The summed E-state index contributed by atoms with van der Waals surface area (Å²) in [7, 11) is -3.30. The Morgan fingerprint density at radius 3 is 2.26 bits per heavy atom. The molecule has 4 nitrogen and oxygen atoms in total. The highest BCUT2D eigenvalue weighted by molar-refractivity contribution is 7.89. The molecule has 2 aliphatic rings. The van der Waals surface area contributed by atoms with Crippen LogP contribution >= 0.6 is 0 Å². The molecule has 2 heterocycles. The lowest BCUT2D eigenvalue weighted by Crippen LogP contribution is -2.60. The van der Waals surface area contributed by atoms with Gasteiger partial charge in [0.1, 0.15) is 0 Å². The Balaban J connectivity index is 1.75. The van der Waals surface area contributed by atoms with Crippen LogP contribution in [0.4, 0.5) is 0 Å². The Morgan fingerprint density at radius 2 is 1.68 bits per heavy atom. The smallest absolute Gasteiger partial charge is 0.243 e. The Hall–Kier alpha value is -0.910. The summed E-state index contributed by atoms with van der Waals surface area (Å²) in [6, 6.07) is 7.08. The second kappa shape index (κ2) is 4.58. The molecule has 1 aromatic rings. The monoisotopic (exact) mass is 281 g/mol. The maximum absolute atomic E-state index is 12.4. The molecule has 0 saturated carbocycles. The van der Waals surface area contributed by atoms with Gasteiger partial charge in [-0.25, -0.2) is 8.42 Å². The van der Waals surface area contributed by atoms with E-state index in [-0.39, 0.29) is 5.41 Å². The zero-order valence-corrected chi connectivity index (χ0v) is 11.9. The molecule has 3 rings (SSSR count). The van der Waals surface area contributed by atoms with E-state index >= 15 is 0 Å². The first-order chi connectivity index (χ1) is 9.02. The summed E-state index contributed by atoms with van der Waals surface area (Å²) in [5, 5.41) is 0. The zero-order chi connectivity index (χ0) is 13.5. The van der Waals surface area contributed by atoms with Crippen LogP contribution in [0.15, 0.2) is 29.2 Å². The van der Waals surface area contributed by atoms with E-state index in [2.05, 4.69) is 0 Å². The summed E-state index contributed by atoms with van der Waals surface area (Å²) in [6.45, 7) is 4.77. The Labute approximate surface area is 114 Å². The number of nitrogens with zero attached hydrogens (tertiary/aromatic N) is 1. The molecule has 0 aromatic heterocycles. The van der Waals surface area contributed by atoms with Gasteiger partial charge in [-0.15, -0.1) is 0 Å². The minimum Gasteiger partial charge on any atom is -0.381 e. The number of hydrogen-bond donors (Lipinski definition) is 0. The highest BCUT2D eigenvalue weighted by Crippen LogP contribution is 2.42. The maximum atomic E-state index is 12.4. The van der Waals surface area contributed by atoms with E-state index in [0.717, 1.165) is 31.6 Å². The van der Waals surface area contributed by atoms with Gasteiger partial charge >= 0.3 is 0 Å². The predicted molar refractivity (Wildman–Crippen MR) is 72.4 cm³/mol. The molecule has 0 atom stereocenters. The average Bonchev–Trinajstić information content (AvgIpc) is 2.37. The van der Waals surface area contributed by atoms with Gasteiger partial charge < -0.3 is 4.74 Å². The molecule has 0 radical (unpaired) electrons. The van der Waals surface area contributed by atoms with Crippen LogP contribution in [-0.2, 0) is 14.8 Å². The van der Waals surface area contributed by atoms with E-state index < -0.39 is 10.0 Å². The fourth-order valence-corrected chi connectivity index (χ4v) is 4.52. The SMILES string of the molecule is Cc1ccc(S(=O)(=O)N2CC3(CCOCC3)C2)cc1. The Kier molecular flexibility index (Phi) is 3.15. The molecule has 0 bridgehead atoms. The van der Waals surface area contributed by atoms with Crippen molar-refractivity contribution < 1.29 is 13.2 Å². The molecule has 1 aromatic carbocycles. The van der Waals surface area contributed by atoms with Gasteiger partial charge in [0.05, 0.1) is 4.90 Å². The van der Waals surface area contributed by atoms with E-state index in [1.54, 1.807) is 16.4 Å². The van der Waals surface area contributed by atoms with Crippen molar-refractivity contribution in [2.45, 2.75) is 24.7 Å². The first kappa shape index (κ1) is 13.1. The summed E-state index contributed by atoms with van der Waals surface area (Å²) in [5.41, 5.74) is 1.25. The first-order valence-electron chi connectivity index (χ1n) is 6.67. The highest BCUT2D eigenvalue weighted by atomic mass is 32.2. The van der Waals surface area contributed by atoms with E-state index in [1.807, 2.05) is 19.1 Å². The van der Waals surface area contributed by atoms with Crippen molar-refractivity contribution in [3.63, 3.8) is 0 Å². The molecule has 0 aliphatic carbocycles. The number of ether oxygens (including phenoxy) is 1. The summed E-state index contributed by atoms with van der Waals surface area (Å²) < 4.78 is 31.8. The van der Waals surface area contributed by atoms with Crippen molar-refractivity contribution in [2.75, 3.05) is 26.3 Å². The molecule has 2 saturated heterocycles. The van der Waals surface area contributed by atoms with Crippen LogP contribution in [0.1, 0.15) is 18.4 Å². The second-order valence-corrected chi connectivity index (χ2v) is 7.64. The third-order valence-corrected chi connectivity index (χ3v) is 6.04. The van der Waals surface area contributed by atoms with Crippen LogP contribution < -0.4 is 0 Å². The molecule has 5 heteroatoms. The molecular formula is C14H19NO3S. The van der Waals surface area contributed by atoms with Crippen LogP contribution in [0, 0.1) is 12.3 Å². The average molecular weight is 281 g/mol. The van der Waals surface area contributed by atoms with Gasteiger partial charge in [-0.2, -0.15) is 4.31 Å². The van der Waals surface area contributed by atoms with Crippen molar-refractivity contribution >= 4 is 10.0 Å². The standard InChI is InChI=1S/C14H19NO3S/c1-12-2-4-13(5-3-12)19(16,17)15-10-14(11-15)6-8-18-9-7-14/h2-5H,6-11H2,1H3. The fourth-order valence-electron chi connectivity index (χ4n) is 2.85. The molecule has 0 unspecified atom stereocenters. The van der Waals surface area contributed by atoms with Gasteiger partial charge in [0.15, 0.2) is 0 Å². The summed E-state index contributed by atoms with van der Waals surface area (Å²) in [5.74, 6) is 0. The van der Waals surface area contributed by atoms with Crippen LogP contribution in [-0.4, -0.2) is 39.0 Å². The molecule has 19 heavy (non-hydrogen) atoms. The van der Waals surface area contributed by atoms with Gasteiger partial charge in [-0.3, -0.25) is 0 Å². The minimum atomic E-state index is -3.30. The molecule has 0 amide bonds. The van der Waals surface area contributed by atoms with Crippen molar-refractivity contribution in [2.24, 2.45) is 5.41 Å². The largest absolute Gasteiger partial charge is 0.381 e. The van der Waals surface area contributed by atoms with Gasteiger partial charge in [0.2, 0.25) is 10.0 Å². The molecule has 104 valence electrons. The molecular weight excluding hydrogens is 262 g/mol. The molecule has 2 fully saturated rings. The van der Waals surface area contributed by atoms with Crippen LogP contribution in [0.3, 0.4) is 0 Å². The third kappa shape index (κ3) is 2.30. The van der Waals surface area contributed by atoms with E-state index in [1.165, 1.54) is 0 Å².